The van der Waals surface area contributed by atoms with E-state index in [0.717, 1.165) is 11.6 Å². The Morgan fingerprint density at radius 2 is 1.85 bits per heavy atom. The molecular weight excluding hydrogens is 449 g/mol. The first kappa shape index (κ1) is 24.9. The number of nitrogens with zero attached hydrogens (tertiary/aromatic N) is 2. The molecule has 1 aromatic rings. The van der Waals surface area contributed by atoms with E-state index in [1.165, 1.54) is 56.5 Å². The van der Waals surface area contributed by atoms with E-state index in [1.807, 2.05) is 13.8 Å². The standard InChI is InChI=1S/C27H36FN3O2S/c1-6-7-24(18(2)28)19(3)29-26-30-34(32)25(27(4,5)33-26)22-10-8-20(9-11-22)21-14-16-31(17-15-21)23-12-13-23/h6-11,19,21,23,25H,1-2,12-17H2,3-5H3,(H,29,30)/b24-7+/t19-,25?,34?/m0/s1. The number of rotatable bonds is 7. The molecular formula is C27H36FN3O2S. The first-order valence-electron chi connectivity index (χ1n) is 12.1. The van der Waals surface area contributed by atoms with E-state index in [2.05, 4.69) is 52.0 Å². The van der Waals surface area contributed by atoms with Gasteiger partial charge < -0.3 is 9.64 Å². The third-order valence-electron chi connectivity index (χ3n) is 7.07. The highest BCUT2D eigenvalue weighted by Crippen LogP contribution is 2.39. The summed E-state index contributed by atoms with van der Waals surface area (Å²) in [5, 5.41) is -0.369. The molecule has 3 aliphatic rings. The van der Waals surface area contributed by atoms with Gasteiger partial charge in [0.25, 0.3) is 6.02 Å². The molecule has 2 saturated heterocycles. The number of likely N-dealkylation sites (tertiary alicyclic amines) is 1. The molecule has 0 radical (unpaired) electrons. The summed E-state index contributed by atoms with van der Waals surface area (Å²) in [4.78, 5) is 7.06. The third-order valence-corrected chi connectivity index (χ3v) is 8.71. The van der Waals surface area contributed by atoms with Crippen LogP contribution < -0.4 is 4.72 Å². The molecule has 1 saturated carbocycles. The van der Waals surface area contributed by atoms with Gasteiger partial charge in [0.05, 0.1) is 6.04 Å². The van der Waals surface area contributed by atoms with Gasteiger partial charge in [0, 0.05) is 11.6 Å². The molecule has 1 aliphatic carbocycles. The zero-order valence-corrected chi connectivity index (χ0v) is 21.2. The summed E-state index contributed by atoms with van der Waals surface area (Å²) in [7, 11) is -1.46. The largest absolute Gasteiger partial charge is 0.457 e. The molecule has 34 heavy (non-hydrogen) atoms. The Kier molecular flexibility index (Phi) is 7.43. The van der Waals surface area contributed by atoms with E-state index in [9.17, 15) is 8.60 Å². The van der Waals surface area contributed by atoms with Crippen LogP contribution in [0.3, 0.4) is 0 Å². The van der Waals surface area contributed by atoms with Crippen molar-refractivity contribution in [3.8, 4) is 0 Å². The van der Waals surface area contributed by atoms with Crippen molar-refractivity contribution >= 4 is 17.0 Å². The van der Waals surface area contributed by atoms with Gasteiger partial charge in [-0.25, -0.2) is 13.6 Å². The number of halogens is 1. The highest BCUT2D eigenvalue weighted by Gasteiger charge is 2.43. The van der Waals surface area contributed by atoms with Gasteiger partial charge in [-0.3, -0.25) is 4.72 Å². The van der Waals surface area contributed by atoms with E-state index in [1.54, 1.807) is 6.92 Å². The van der Waals surface area contributed by atoms with Crippen molar-refractivity contribution < 1.29 is 13.3 Å². The molecule has 0 amide bonds. The van der Waals surface area contributed by atoms with Gasteiger partial charge in [0.1, 0.15) is 27.7 Å². The number of hydrogen-bond acceptors (Lipinski definition) is 4. The summed E-state index contributed by atoms with van der Waals surface area (Å²) >= 11 is 0. The highest BCUT2D eigenvalue weighted by molar-refractivity contribution is 7.84. The number of ether oxygens (including phenoxy) is 1. The second-order valence-electron chi connectivity index (χ2n) is 10.1. The zero-order valence-electron chi connectivity index (χ0n) is 20.4. The maximum atomic E-state index is 13.8. The molecule has 2 aliphatic heterocycles. The Bertz CT molecular complexity index is 1010. The van der Waals surface area contributed by atoms with E-state index in [0.29, 0.717) is 11.5 Å². The van der Waals surface area contributed by atoms with Crippen molar-refractivity contribution in [3.05, 3.63) is 72.1 Å². The van der Waals surface area contributed by atoms with Crippen molar-refractivity contribution in [2.75, 3.05) is 13.1 Å². The molecule has 3 atom stereocenters. The van der Waals surface area contributed by atoms with Crippen molar-refractivity contribution in [1.82, 2.24) is 9.62 Å². The Morgan fingerprint density at radius 3 is 2.38 bits per heavy atom. The lowest BCUT2D eigenvalue weighted by Gasteiger charge is -2.39. The number of aliphatic imine (C=N–C) groups is 1. The molecule has 7 heteroatoms. The fraction of sp³-hybridized carbons (Fsp3) is 0.519. The van der Waals surface area contributed by atoms with Gasteiger partial charge in [-0.05, 0) is 76.6 Å². The van der Waals surface area contributed by atoms with Crippen LogP contribution in [0.1, 0.15) is 68.7 Å². The van der Waals surface area contributed by atoms with Gasteiger partial charge in [-0.1, -0.05) is 49.6 Å². The topological polar surface area (TPSA) is 53.9 Å². The van der Waals surface area contributed by atoms with E-state index < -0.39 is 28.5 Å². The minimum atomic E-state index is -1.46. The minimum Gasteiger partial charge on any atom is -0.457 e. The summed E-state index contributed by atoms with van der Waals surface area (Å²) in [6.45, 7) is 14.9. The van der Waals surface area contributed by atoms with Crippen LogP contribution in [-0.4, -0.2) is 45.9 Å². The van der Waals surface area contributed by atoms with Crippen LogP contribution in [0.2, 0.25) is 0 Å². The van der Waals surface area contributed by atoms with E-state index in [-0.39, 0.29) is 11.3 Å². The van der Waals surface area contributed by atoms with Crippen molar-refractivity contribution in [3.63, 3.8) is 0 Å². The van der Waals surface area contributed by atoms with Gasteiger partial charge in [0.2, 0.25) is 0 Å². The van der Waals surface area contributed by atoms with Crippen LogP contribution in [0.25, 0.3) is 0 Å². The van der Waals surface area contributed by atoms with Gasteiger partial charge in [0.15, 0.2) is 0 Å². The second-order valence-corrected chi connectivity index (χ2v) is 11.3. The van der Waals surface area contributed by atoms with Crippen molar-refractivity contribution in [1.29, 1.82) is 0 Å². The Labute approximate surface area is 205 Å². The average molecular weight is 486 g/mol. The third kappa shape index (κ3) is 5.52. The summed E-state index contributed by atoms with van der Waals surface area (Å²) in [5.41, 5.74) is 1.86. The molecule has 3 fully saturated rings. The second kappa shape index (κ2) is 10.2. The van der Waals surface area contributed by atoms with Crippen LogP contribution in [0.4, 0.5) is 4.39 Å². The predicted molar refractivity (Wildman–Crippen MR) is 138 cm³/mol. The molecule has 0 spiro atoms. The van der Waals surface area contributed by atoms with Crippen molar-refractivity contribution in [2.24, 2.45) is 4.99 Å². The number of hydrogen-bond donors (Lipinski definition) is 1. The maximum absolute atomic E-state index is 13.8. The average Bonchev–Trinajstić information content (AvgIpc) is 3.62. The normalized spacial score (nSPS) is 28.1. The molecule has 184 valence electrons. The molecule has 0 bridgehead atoms. The fourth-order valence-corrected chi connectivity index (χ4v) is 6.47. The lowest BCUT2D eigenvalue weighted by atomic mass is 9.88. The summed E-state index contributed by atoms with van der Waals surface area (Å²) in [6, 6.07) is 8.96. The van der Waals surface area contributed by atoms with E-state index >= 15 is 0 Å². The first-order valence-corrected chi connectivity index (χ1v) is 13.4. The Balaban J connectivity index is 1.45. The van der Waals surface area contributed by atoms with Crippen LogP contribution in [0.5, 0.6) is 0 Å². The molecule has 1 aromatic carbocycles. The van der Waals surface area contributed by atoms with Crippen LogP contribution in [0, 0.1) is 0 Å². The number of benzene rings is 1. The number of nitrogens with one attached hydrogen (secondary N) is 1. The molecule has 2 unspecified atom stereocenters. The lowest BCUT2D eigenvalue weighted by molar-refractivity contribution is 0.0789. The minimum absolute atomic E-state index is 0.141. The number of allylic oxidation sites excluding steroid dienone is 2. The summed E-state index contributed by atoms with van der Waals surface area (Å²) in [5.74, 6) is 0.00991. The molecule has 0 aromatic heterocycles. The quantitative estimate of drug-likeness (QED) is 0.521. The SMILES string of the molecule is C=C/C=C(\C(=C)F)[C@H](C)N=C1NS(=O)C(c2ccc(C3CCN(C4CC4)CC3)cc2)C(C)(C)O1. The number of piperidine rings is 1. The maximum Gasteiger partial charge on any atom is 0.298 e. The van der Waals surface area contributed by atoms with Gasteiger partial charge in [-0.15, -0.1) is 0 Å². The Morgan fingerprint density at radius 1 is 1.24 bits per heavy atom. The molecule has 2 heterocycles. The summed E-state index contributed by atoms with van der Waals surface area (Å²) < 4.78 is 36.0. The fourth-order valence-electron chi connectivity index (χ4n) is 5.11. The van der Waals surface area contributed by atoms with E-state index in [4.69, 9.17) is 4.74 Å². The Hall–Kier alpha value is -2.25. The number of amidine groups is 1. The highest BCUT2D eigenvalue weighted by atomic mass is 32.2. The van der Waals surface area contributed by atoms with Crippen LogP contribution in [0.15, 0.2) is 66.0 Å². The first-order chi connectivity index (χ1) is 16.2. The van der Waals surface area contributed by atoms with Crippen LogP contribution in [-0.2, 0) is 15.7 Å². The monoisotopic (exact) mass is 485 g/mol. The summed E-state index contributed by atoms with van der Waals surface area (Å²) in [6.07, 6.45) is 8.16. The van der Waals surface area contributed by atoms with Crippen LogP contribution >= 0.6 is 0 Å². The van der Waals surface area contributed by atoms with Gasteiger partial charge in [-0.2, -0.15) is 0 Å². The lowest BCUT2D eigenvalue weighted by Crippen LogP contribution is -2.51. The smallest absolute Gasteiger partial charge is 0.298 e. The van der Waals surface area contributed by atoms with Crippen molar-refractivity contribution in [2.45, 2.75) is 75.3 Å². The zero-order chi connectivity index (χ0) is 24.5. The predicted octanol–water partition coefficient (Wildman–Crippen LogP) is 5.47. The van der Waals surface area contributed by atoms with Gasteiger partial charge >= 0.3 is 0 Å². The molecule has 5 nitrogen and oxygen atoms in total. The molecule has 4 rings (SSSR count). The molecule has 1 N–H and O–H groups in total.